The molecule has 0 atom stereocenters. The van der Waals surface area contributed by atoms with Crippen LogP contribution in [0.4, 0.5) is 34.5 Å². The number of hydrogen-bond acceptors (Lipinski definition) is 10. The number of nitrogens with one attached hydrogen (secondary N) is 3. The number of ether oxygens (including phenoxy) is 2. The molecule has 1 fully saturated rings. The van der Waals surface area contributed by atoms with Gasteiger partial charge < -0.3 is 25.0 Å². The summed E-state index contributed by atoms with van der Waals surface area (Å²) < 4.78 is 39.2. The molecule has 0 amide bonds. The van der Waals surface area contributed by atoms with Crippen LogP contribution in [0, 0.1) is 0 Å². The zero-order valence-electron chi connectivity index (χ0n) is 22.2. The van der Waals surface area contributed by atoms with E-state index in [2.05, 4.69) is 35.3 Å². The molecule has 1 aliphatic heterocycles. The molecule has 14 heteroatoms. The Morgan fingerprint density at radius 3 is 2.48 bits per heavy atom. The van der Waals surface area contributed by atoms with Crippen molar-refractivity contribution in [2.75, 3.05) is 59.9 Å². The number of aryl methyl sites for hydroxylation is 1. The summed E-state index contributed by atoms with van der Waals surface area (Å²) in [7, 11) is -0.0131. The highest BCUT2D eigenvalue weighted by atomic mass is 35.5. The van der Waals surface area contributed by atoms with Gasteiger partial charge in [0.25, 0.3) is 0 Å². The molecule has 2 aromatic heterocycles. The van der Waals surface area contributed by atoms with Crippen LogP contribution in [0.5, 0.6) is 5.75 Å². The lowest BCUT2D eigenvalue weighted by Crippen LogP contribution is -2.36. The fourth-order valence-electron chi connectivity index (χ4n) is 4.34. The third-order valence-corrected chi connectivity index (χ3v) is 7.02. The summed E-state index contributed by atoms with van der Waals surface area (Å²) in [6.07, 6.45) is 6.32. The van der Waals surface area contributed by atoms with Crippen molar-refractivity contribution in [3.8, 4) is 16.9 Å². The van der Waals surface area contributed by atoms with Crippen LogP contribution in [0.15, 0.2) is 55.0 Å². The summed E-state index contributed by atoms with van der Waals surface area (Å²) in [5, 5.41) is 11.0. The predicted octanol–water partition coefficient (Wildman–Crippen LogP) is 4.23. The second-order valence-corrected chi connectivity index (χ2v) is 11.3. The van der Waals surface area contributed by atoms with Gasteiger partial charge in [0.15, 0.2) is 5.82 Å². The largest absolute Gasteiger partial charge is 0.494 e. The van der Waals surface area contributed by atoms with E-state index in [1.165, 1.54) is 6.20 Å². The Hall–Kier alpha value is -4.07. The standard InChI is InChI=1S/C26H29ClN8O4S/c1-34-16-17(14-29-34)18-12-22(24(38-2)13-23(18)35-8-10-39-11-9-35)31-26-28-15-19(27)25(32-26)30-20-6-4-5-7-21(20)33-40(3,36)37/h4-7,12-16,33H,8-11H2,1-3H3,(H2,28,30,31,32). The van der Waals surface area contributed by atoms with E-state index in [1.54, 1.807) is 36.1 Å². The van der Waals surface area contributed by atoms with Crippen LogP contribution in [0.2, 0.25) is 5.02 Å². The molecule has 1 aliphatic rings. The van der Waals surface area contributed by atoms with Crippen molar-refractivity contribution in [3.63, 3.8) is 0 Å². The van der Waals surface area contributed by atoms with E-state index in [0.717, 1.165) is 36.2 Å². The van der Waals surface area contributed by atoms with E-state index in [9.17, 15) is 8.42 Å². The van der Waals surface area contributed by atoms with Crippen LogP contribution < -0.4 is 25.0 Å². The molecular formula is C26H29ClN8O4S. The molecule has 12 nitrogen and oxygen atoms in total. The van der Waals surface area contributed by atoms with Crippen molar-refractivity contribution >= 4 is 56.1 Å². The van der Waals surface area contributed by atoms with E-state index in [0.29, 0.717) is 41.8 Å². The van der Waals surface area contributed by atoms with Crippen LogP contribution in [0.3, 0.4) is 0 Å². The molecule has 0 bridgehead atoms. The first kappa shape index (κ1) is 27.5. The van der Waals surface area contributed by atoms with Crippen molar-refractivity contribution in [1.82, 2.24) is 19.7 Å². The van der Waals surface area contributed by atoms with Gasteiger partial charge in [-0.25, -0.2) is 13.4 Å². The van der Waals surface area contributed by atoms with Gasteiger partial charge >= 0.3 is 0 Å². The molecule has 0 unspecified atom stereocenters. The number of para-hydroxylation sites is 2. The third-order valence-electron chi connectivity index (χ3n) is 6.15. The van der Waals surface area contributed by atoms with Crippen LogP contribution in [-0.2, 0) is 21.8 Å². The van der Waals surface area contributed by atoms with Gasteiger partial charge in [-0.2, -0.15) is 10.1 Å². The molecular weight excluding hydrogens is 556 g/mol. The summed E-state index contributed by atoms with van der Waals surface area (Å²) in [5.74, 6) is 1.15. The third kappa shape index (κ3) is 6.38. The van der Waals surface area contributed by atoms with Crippen LogP contribution in [0.25, 0.3) is 11.1 Å². The Bertz CT molecular complexity index is 1620. The molecule has 3 heterocycles. The Labute approximate surface area is 237 Å². The number of methoxy groups -OCH3 is 1. The maximum Gasteiger partial charge on any atom is 0.229 e. The summed E-state index contributed by atoms with van der Waals surface area (Å²) in [5.41, 5.74) is 4.40. The number of morpholine rings is 1. The summed E-state index contributed by atoms with van der Waals surface area (Å²) in [6.45, 7) is 2.81. The van der Waals surface area contributed by atoms with Gasteiger partial charge in [0, 0.05) is 49.2 Å². The molecule has 0 saturated carbocycles. The minimum Gasteiger partial charge on any atom is -0.494 e. The van der Waals surface area contributed by atoms with Crippen LogP contribution in [-0.4, -0.2) is 67.8 Å². The summed E-state index contributed by atoms with van der Waals surface area (Å²) in [6, 6.07) is 10.8. The van der Waals surface area contributed by atoms with E-state index in [1.807, 2.05) is 31.6 Å². The van der Waals surface area contributed by atoms with Crippen molar-refractivity contribution in [2.45, 2.75) is 0 Å². The normalized spacial score (nSPS) is 13.7. The molecule has 2 aromatic carbocycles. The molecule has 1 saturated heterocycles. The van der Waals surface area contributed by atoms with Crippen molar-refractivity contribution in [3.05, 3.63) is 60.0 Å². The molecule has 5 rings (SSSR count). The van der Waals surface area contributed by atoms with Gasteiger partial charge in [0.2, 0.25) is 16.0 Å². The quantitative estimate of drug-likeness (QED) is 0.262. The Balaban J connectivity index is 1.49. The number of anilines is 6. The van der Waals surface area contributed by atoms with Gasteiger partial charge in [-0.3, -0.25) is 9.40 Å². The summed E-state index contributed by atoms with van der Waals surface area (Å²) in [4.78, 5) is 11.2. The average Bonchev–Trinajstić information content (AvgIpc) is 3.37. The first-order chi connectivity index (χ1) is 19.2. The zero-order chi connectivity index (χ0) is 28.3. The van der Waals surface area contributed by atoms with Gasteiger partial charge in [0.1, 0.15) is 10.8 Å². The molecule has 210 valence electrons. The van der Waals surface area contributed by atoms with Gasteiger partial charge in [0.05, 0.1) is 56.0 Å². The number of sulfonamides is 1. The average molecular weight is 585 g/mol. The van der Waals surface area contributed by atoms with Crippen LogP contribution in [0.1, 0.15) is 0 Å². The highest BCUT2D eigenvalue weighted by Gasteiger charge is 2.21. The predicted molar refractivity (Wildman–Crippen MR) is 157 cm³/mol. The molecule has 0 radical (unpaired) electrons. The zero-order valence-corrected chi connectivity index (χ0v) is 23.8. The number of halogens is 1. The van der Waals surface area contributed by atoms with Crippen LogP contribution >= 0.6 is 11.6 Å². The van der Waals surface area contributed by atoms with E-state index in [-0.39, 0.29) is 11.0 Å². The topological polar surface area (TPSA) is 136 Å². The molecule has 40 heavy (non-hydrogen) atoms. The number of aromatic nitrogens is 4. The maximum atomic E-state index is 11.8. The molecule has 4 aromatic rings. The van der Waals surface area contributed by atoms with E-state index >= 15 is 0 Å². The molecule has 0 spiro atoms. The highest BCUT2D eigenvalue weighted by molar-refractivity contribution is 7.92. The first-order valence-corrected chi connectivity index (χ1v) is 14.6. The summed E-state index contributed by atoms with van der Waals surface area (Å²) >= 11 is 6.40. The molecule has 0 aliphatic carbocycles. The lowest BCUT2D eigenvalue weighted by atomic mass is 10.0. The Morgan fingerprint density at radius 2 is 1.80 bits per heavy atom. The smallest absolute Gasteiger partial charge is 0.229 e. The van der Waals surface area contributed by atoms with Crippen molar-refractivity contribution < 1.29 is 17.9 Å². The number of nitrogens with zero attached hydrogens (tertiary/aromatic N) is 5. The minimum absolute atomic E-state index is 0.255. The maximum absolute atomic E-state index is 11.8. The minimum atomic E-state index is -3.49. The number of hydrogen-bond donors (Lipinski definition) is 3. The highest BCUT2D eigenvalue weighted by Crippen LogP contribution is 2.41. The van der Waals surface area contributed by atoms with Crippen molar-refractivity contribution in [2.24, 2.45) is 7.05 Å². The van der Waals surface area contributed by atoms with E-state index in [4.69, 9.17) is 21.1 Å². The molecule has 3 N–H and O–H groups in total. The second-order valence-electron chi connectivity index (χ2n) is 9.13. The number of rotatable bonds is 9. The fraction of sp³-hybridized carbons (Fsp3) is 0.269. The van der Waals surface area contributed by atoms with E-state index < -0.39 is 10.0 Å². The Kier molecular flexibility index (Phi) is 7.96. The Morgan fingerprint density at radius 1 is 1.05 bits per heavy atom. The van der Waals surface area contributed by atoms with Crippen molar-refractivity contribution in [1.29, 1.82) is 0 Å². The number of benzene rings is 2. The van der Waals surface area contributed by atoms with Gasteiger partial charge in [-0.05, 0) is 18.2 Å². The lowest BCUT2D eigenvalue weighted by Gasteiger charge is -2.31. The fourth-order valence-corrected chi connectivity index (χ4v) is 5.05. The monoisotopic (exact) mass is 584 g/mol. The SMILES string of the molecule is COc1cc(N2CCOCC2)c(-c2cnn(C)c2)cc1Nc1ncc(Cl)c(Nc2ccccc2NS(C)(=O)=O)n1. The van der Waals surface area contributed by atoms with Gasteiger partial charge in [-0.15, -0.1) is 0 Å². The second kappa shape index (κ2) is 11.6. The van der Waals surface area contributed by atoms with Gasteiger partial charge in [-0.1, -0.05) is 23.7 Å². The lowest BCUT2D eigenvalue weighted by molar-refractivity contribution is 0.122. The first-order valence-electron chi connectivity index (χ1n) is 12.4.